The number of nitrogens with one attached hydrogen (secondary N) is 1. The van der Waals surface area contributed by atoms with Crippen LogP contribution in [0, 0.1) is 5.92 Å². The van der Waals surface area contributed by atoms with E-state index in [0.29, 0.717) is 19.4 Å². The Balaban J connectivity index is 3.96. The van der Waals surface area contributed by atoms with E-state index in [1.165, 1.54) is 0 Å². The van der Waals surface area contributed by atoms with Gasteiger partial charge in [0.1, 0.15) is 0 Å². The Morgan fingerprint density at radius 2 is 1.54 bits per heavy atom. The van der Waals surface area contributed by atoms with Gasteiger partial charge in [-0.1, -0.05) is 19.8 Å². The lowest BCUT2D eigenvalue weighted by Crippen LogP contribution is -2.30. The van der Waals surface area contributed by atoms with Crippen molar-refractivity contribution in [2.75, 3.05) is 19.7 Å². The molecule has 0 bridgehead atoms. The van der Waals surface area contributed by atoms with E-state index >= 15 is 0 Å². The Bertz CT molecular complexity index is 534. The molecule has 0 saturated carbocycles. The van der Waals surface area contributed by atoms with Crippen LogP contribution in [0.3, 0.4) is 0 Å². The van der Waals surface area contributed by atoms with Crippen LogP contribution in [0.1, 0.15) is 32.6 Å². The van der Waals surface area contributed by atoms with Gasteiger partial charge < -0.3 is 24.9 Å². The largest absolute Gasteiger partial charge is 0.397 e. The molecule has 1 atom stereocenters. The molecule has 14 heteroatoms. The van der Waals surface area contributed by atoms with Gasteiger partial charge in [-0.25, -0.2) is 4.18 Å². The lowest BCUT2D eigenvalue weighted by atomic mass is 10.0. The van der Waals surface area contributed by atoms with Crippen molar-refractivity contribution in [3.63, 3.8) is 0 Å². The zero-order chi connectivity index (χ0) is 19.0. The molecular formula is C10H25NO10P2S. The maximum Gasteiger partial charge on any atom is 0.397 e. The highest BCUT2D eigenvalue weighted by Crippen LogP contribution is 2.59. The number of rotatable bonds is 13. The van der Waals surface area contributed by atoms with Crippen LogP contribution in [0.15, 0.2) is 0 Å². The van der Waals surface area contributed by atoms with Crippen LogP contribution >= 0.6 is 15.2 Å². The molecule has 0 aliphatic rings. The van der Waals surface area contributed by atoms with Crippen LogP contribution in [-0.2, 0) is 23.7 Å². The predicted molar refractivity (Wildman–Crippen MR) is 85.9 cm³/mol. The van der Waals surface area contributed by atoms with Crippen molar-refractivity contribution in [3.05, 3.63) is 0 Å². The standard InChI is InChI=1S/C10H25NO10P2S/c1-9(5-3-2-4-6-21-24(18,19)20)7-11-8-10(22(12,13)14)23(15,16)17/h9-11H,2-8H2,1H3,(H2,12,13,14)(H2,15,16,17)(H,18,19,20). The Morgan fingerprint density at radius 1 is 1.00 bits per heavy atom. The lowest BCUT2D eigenvalue weighted by molar-refractivity contribution is 0.260. The Kier molecular flexibility index (Phi) is 10.4. The summed E-state index contributed by atoms with van der Waals surface area (Å²) in [7, 11) is -14.2. The fraction of sp³-hybridized carbons (Fsp3) is 1.00. The van der Waals surface area contributed by atoms with E-state index in [9.17, 15) is 17.5 Å². The van der Waals surface area contributed by atoms with Crippen molar-refractivity contribution in [2.45, 2.75) is 38.0 Å². The molecule has 1 unspecified atom stereocenters. The van der Waals surface area contributed by atoms with Crippen molar-refractivity contribution in [1.29, 1.82) is 0 Å². The summed E-state index contributed by atoms with van der Waals surface area (Å²) in [5, 5.41) is 0.588. The molecule has 24 heavy (non-hydrogen) atoms. The average molecular weight is 413 g/mol. The zero-order valence-electron chi connectivity index (χ0n) is 13.2. The summed E-state index contributed by atoms with van der Waals surface area (Å²) in [6.45, 7) is 1.56. The highest BCUT2D eigenvalue weighted by atomic mass is 32.3. The molecule has 0 fully saturated rings. The third-order valence-electron chi connectivity index (χ3n) is 3.17. The van der Waals surface area contributed by atoms with Crippen molar-refractivity contribution in [3.8, 4) is 0 Å². The number of hydrogen-bond donors (Lipinski definition) is 6. The van der Waals surface area contributed by atoms with Gasteiger partial charge in [0.25, 0.3) is 0 Å². The van der Waals surface area contributed by atoms with Gasteiger partial charge in [0.15, 0.2) is 5.40 Å². The first kappa shape index (κ1) is 24.1. The first-order valence-corrected chi connectivity index (χ1v) is 11.9. The molecule has 0 aromatic carbocycles. The van der Waals surface area contributed by atoms with Crippen LogP contribution in [0.25, 0.3) is 0 Å². The van der Waals surface area contributed by atoms with Gasteiger partial charge in [-0.15, -0.1) is 0 Å². The minimum Gasteiger partial charge on any atom is -0.324 e. The van der Waals surface area contributed by atoms with E-state index in [1.54, 1.807) is 0 Å². The second-order valence-electron chi connectivity index (χ2n) is 5.52. The Hall–Kier alpha value is 0.130. The molecule has 6 N–H and O–H groups in total. The van der Waals surface area contributed by atoms with Gasteiger partial charge in [0.2, 0.25) is 0 Å². The van der Waals surface area contributed by atoms with Gasteiger partial charge in [-0.05, 0) is 25.3 Å². The minimum atomic E-state index is -4.91. The quantitative estimate of drug-likeness (QED) is 0.138. The second kappa shape index (κ2) is 10.3. The molecule has 0 aromatic heterocycles. The molecule has 0 saturated heterocycles. The summed E-state index contributed by atoms with van der Waals surface area (Å²) in [6, 6.07) is 0. The molecule has 0 aliphatic heterocycles. The summed E-state index contributed by atoms with van der Waals surface area (Å²) in [4.78, 5) is 35.9. The fourth-order valence-corrected chi connectivity index (χ4v) is 4.56. The van der Waals surface area contributed by atoms with Gasteiger partial charge in [0, 0.05) is 6.54 Å². The molecule has 0 amide bonds. The smallest absolute Gasteiger partial charge is 0.324 e. The van der Waals surface area contributed by atoms with Crippen molar-refractivity contribution < 1.29 is 45.9 Å². The highest BCUT2D eigenvalue weighted by molar-refractivity contribution is 7.80. The van der Waals surface area contributed by atoms with E-state index in [4.69, 9.17) is 24.1 Å². The van der Waals surface area contributed by atoms with E-state index in [0.717, 1.165) is 12.8 Å². The van der Waals surface area contributed by atoms with Crippen molar-refractivity contribution >= 4 is 25.6 Å². The second-order valence-corrected chi connectivity index (χ2v) is 10.6. The van der Waals surface area contributed by atoms with Gasteiger partial charge in [-0.2, -0.15) is 8.42 Å². The summed E-state index contributed by atoms with van der Waals surface area (Å²) in [6.07, 6.45) is 2.55. The normalized spacial score (nSPS) is 15.0. The Morgan fingerprint density at radius 3 is 2.00 bits per heavy atom. The Labute approximate surface area is 141 Å². The zero-order valence-corrected chi connectivity index (χ0v) is 15.8. The molecule has 0 spiro atoms. The van der Waals surface area contributed by atoms with Gasteiger partial charge in [0.05, 0.1) is 6.61 Å². The first-order valence-electron chi connectivity index (χ1n) is 7.16. The maximum absolute atomic E-state index is 11.1. The summed E-state index contributed by atoms with van der Waals surface area (Å²) < 4.78 is 55.3. The lowest BCUT2D eigenvalue weighted by Gasteiger charge is -2.21. The third-order valence-corrected chi connectivity index (χ3v) is 7.36. The van der Waals surface area contributed by atoms with E-state index < -0.39 is 37.5 Å². The van der Waals surface area contributed by atoms with Crippen LogP contribution in [0.2, 0.25) is 0 Å². The van der Waals surface area contributed by atoms with Gasteiger partial charge >= 0.3 is 25.6 Å². The van der Waals surface area contributed by atoms with Crippen LogP contribution in [0.4, 0.5) is 0 Å². The average Bonchev–Trinajstić information content (AvgIpc) is 2.34. The summed E-state index contributed by atoms with van der Waals surface area (Å²) >= 11 is 0. The molecule has 0 aromatic rings. The predicted octanol–water partition coefficient (Wildman–Crippen LogP) is 0.273. The molecule has 146 valence electrons. The van der Waals surface area contributed by atoms with Gasteiger partial charge in [-0.3, -0.25) is 13.7 Å². The molecular weight excluding hydrogens is 388 g/mol. The number of hydrogen-bond acceptors (Lipinski definition) is 6. The summed E-state index contributed by atoms with van der Waals surface area (Å²) in [5.41, 5.74) is 0. The third kappa shape index (κ3) is 12.5. The van der Waals surface area contributed by atoms with Crippen molar-refractivity contribution in [2.24, 2.45) is 5.92 Å². The topological polar surface area (TPSA) is 191 Å². The molecule has 11 nitrogen and oxygen atoms in total. The molecule has 0 aliphatic carbocycles. The van der Waals surface area contributed by atoms with E-state index in [1.807, 2.05) is 6.92 Å². The maximum atomic E-state index is 11.1. The molecule has 0 heterocycles. The van der Waals surface area contributed by atoms with Crippen molar-refractivity contribution in [1.82, 2.24) is 5.32 Å². The van der Waals surface area contributed by atoms with Crippen LogP contribution in [0.5, 0.6) is 0 Å². The van der Waals surface area contributed by atoms with Crippen LogP contribution < -0.4 is 5.32 Å². The SMILES string of the molecule is CC(CCCCCOS(=O)(=O)O)CNCC(P(=O)(O)O)P(=O)(O)O. The van der Waals surface area contributed by atoms with E-state index in [2.05, 4.69) is 9.50 Å². The highest BCUT2D eigenvalue weighted by Gasteiger charge is 2.42. The monoisotopic (exact) mass is 413 g/mol. The number of unbranched alkanes of at least 4 members (excludes halogenated alkanes) is 2. The first-order chi connectivity index (χ1) is 10.7. The molecule has 0 radical (unpaired) electrons. The minimum absolute atomic E-state index is 0.0849. The molecule has 0 rings (SSSR count). The van der Waals surface area contributed by atoms with Crippen LogP contribution in [-0.4, -0.2) is 57.6 Å². The summed E-state index contributed by atoms with van der Waals surface area (Å²) in [5.74, 6) is 0.0849. The van der Waals surface area contributed by atoms with E-state index in [-0.39, 0.29) is 12.5 Å². The fourth-order valence-electron chi connectivity index (χ4n) is 1.93.